The zero-order valence-corrected chi connectivity index (χ0v) is 15.3. The van der Waals surface area contributed by atoms with E-state index in [1.165, 1.54) is 6.92 Å². The Balaban J connectivity index is 1.87. The molecule has 0 N–H and O–H groups in total. The van der Waals surface area contributed by atoms with Gasteiger partial charge in [0.1, 0.15) is 17.3 Å². The van der Waals surface area contributed by atoms with Crippen molar-refractivity contribution in [1.29, 1.82) is 0 Å². The minimum Gasteiger partial charge on any atom is -0.457 e. The molecule has 3 aromatic rings. The second-order valence-corrected chi connectivity index (χ2v) is 6.97. The number of para-hydroxylation sites is 2. The van der Waals surface area contributed by atoms with E-state index in [0.29, 0.717) is 17.1 Å². The molecule has 0 saturated heterocycles. The molecule has 1 atom stereocenters. The Morgan fingerprint density at radius 1 is 0.815 bits per heavy atom. The molecule has 3 nitrogen and oxygen atoms in total. The van der Waals surface area contributed by atoms with E-state index in [0.717, 1.165) is 16.7 Å². The van der Waals surface area contributed by atoms with Gasteiger partial charge in [-0.05, 0) is 26.0 Å². The fraction of sp³-hybridized carbons (Fsp3) is 0.167. The number of carbonyl (C=O) groups is 2. The summed E-state index contributed by atoms with van der Waals surface area (Å²) in [4.78, 5) is 26.0. The van der Waals surface area contributed by atoms with Gasteiger partial charge >= 0.3 is 0 Å². The molecule has 0 aromatic heterocycles. The zero-order valence-electron chi connectivity index (χ0n) is 15.3. The number of ketones is 2. The van der Waals surface area contributed by atoms with Gasteiger partial charge < -0.3 is 4.74 Å². The summed E-state index contributed by atoms with van der Waals surface area (Å²) in [6.07, 6.45) is 0. The maximum atomic E-state index is 13.4. The van der Waals surface area contributed by atoms with E-state index in [4.69, 9.17) is 4.74 Å². The van der Waals surface area contributed by atoms with Crippen LogP contribution in [0.1, 0.15) is 39.9 Å². The van der Waals surface area contributed by atoms with Crippen LogP contribution in [0.5, 0.6) is 11.5 Å². The molecule has 0 saturated carbocycles. The van der Waals surface area contributed by atoms with Gasteiger partial charge in [0, 0.05) is 22.6 Å². The third kappa shape index (κ3) is 3.06. The predicted octanol–water partition coefficient (Wildman–Crippen LogP) is 5.32. The summed E-state index contributed by atoms with van der Waals surface area (Å²) in [5.74, 6) is -0.0549. The lowest BCUT2D eigenvalue weighted by molar-refractivity contribution is -0.119. The summed E-state index contributed by atoms with van der Waals surface area (Å²) in [6, 6.07) is 22.7. The number of Topliss-reactive ketones (excluding diaryl/α,β-unsaturated/α-hetero) is 2. The molecule has 1 heterocycles. The van der Waals surface area contributed by atoms with Crippen LogP contribution in [0.3, 0.4) is 0 Å². The van der Waals surface area contributed by atoms with Crippen molar-refractivity contribution < 1.29 is 14.3 Å². The van der Waals surface area contributed by atoms with Crippen molar-refractivity contribution in [2.24, 2.45) is 5.92 Å². The number of carbonyl (C=O) groups excluding carboxylic acids is 2. The van der Waals surface area contributed by atoms with E-state index in [9.17, 15) is 9.59 Å². The maximum Gasteiger partial charge on any atom is 0.174 e. The standard InChI is InChI=1S/C24H20O3/c1-15-11-13-17(14-12-15)24(26)22(16(2)25)23-18-7-3-5-9-20(18)27-21-10-6-4-8-19(21)23/h3-14,22-23H,1-2H3/t22-/m1/s1. The Bertz CT molecular complexity index is 972. The van der Waals surface area contributed by atoms with E-state index in [1.807, 2.05) is 67.6 Å². The van der Waals surface area contributed by atoms with Crippen LogP contribution in [0, 0.1) is 12.8 Å². The number of rotatable bonds is 4. The molecule has 0 fully saturated rings. The summed E-state index contributed by atoms with van der Waals surface area (Å²) in [5, 5.41) is 0. The molecule has 0 spiro atoms. The van der Waals surface area contributed by atoms with Gasteiger partial charge in [0.05, 0.1) is 5.92 Å². The molecule has 134 valence electrons. The monoisotopic (exact) mass is 356 g/mol. The smallest absolute Gasteiger partial charge is 0.174 e. The van der Waals surface area contributed by atoms with E-state index in [2.05, 4.69) is 0 Å². The summed E-state index contributed by atoms with van der Waals surface area (Å²) >= 11 is 0. The highest BCUT2D eigenvalue weighted by atomic mass is 16.5. The second kappa shape index (κ2) is 6.84. The molecular formula is C24H20O3. The van der Waals surface area contributed by atoms with Gasteiger partial charge in [-0.25, -0.2) is 0 Å². The predicted molar refractivity (Wildman–Crippen MR) is 104 cm³/mol. The third-order valence-corrected chi connectivity index (χ3v) is 5.12. The number of fused-ring (bicyclic) bond motifs is 2. The van der Waals surface area contributed by atoms with Gasteiger partial charge in [-0.15, -0.1) is 0 Å². The lowest BCUT2D eigenvalue weighted by atomic mass is 9.74. The SMILES string of the molecule is CC(=O)[C@@H](C(=O)c1ccc(C)cc1)C1c2ccccc2Oc2ccccc21. The molecule has 1 aliphatic rings. The van der Waals surface area contributed by atoms with Crippen LogP contribution in [0.15, 0.2) is 72.8 Å². The lowest BCUT2D eigenvalue weighted by Crippen LogP contribution is -2.31. The highest BCUT2D eigenvalue weighted by molar-refractivity contribution is 6.11. The highest BCUT2D eigenvalue weighted by Gasteiger charge is 2.39. The van der Waals surface area contributed by atoms with E-state index >= 15 is 0 Å². The molecule has 1 aliphatic heterocycles. The van der Waals surface area contributed by atoms with Gasteiger partial charge in [0.15, 0.2) is 5.78 Å². The van der Waals surface area contributed by atoms with Crippen LogP contribution >= 0.6 is 0 Å². The highest BCUT2D eigenvalue weighted by Crippen LogP contribution is 2.48. The molecular weight excluding hydrogens is 336 g/mol. The van der Waals surface area contributed by atoms with E-state index in [-0.39, 0.29) is 17.5 Å². The Hall–Kier alpha value is -3.20. The third-order valence-electron chi connectivity index (χ3n) is 5.12. The van der Waals surface area contributed by atoms with Crippen LogP contribution in [0.4, 0.5) is 0 Å². The van der Waals surface area contributed by atoms with Crippen molar-refractivity contribution in [3.8, 4) is 11.5 Å². The first-order chi connectivity index (χ1) is 13.1. The quantitative estimate of drug-likeness (QED) is 0.469. The number of hydrogen-bond donors (Lipinski definition) is 0. The Morgan fingerprint density at radius 2 is 1.33 bits per heavy atom. The van der Waals surface area contributed by atoms with E-state index in [1.54, 1.807) is 12.1 Å². The molecule has 27 heavy (non-hydrogen) atoms. The Labute approximate surface area is 158 Å². The van der Waals surface area contributed by atoms with Gasteiger partial charge in [-0.2, -0.15) is 0 Å². The molecule has 0 amide bonds. The Morgan fingerprint density at radius 3 is 1.85 bits per heavy atom. The average Bonchev–Trinajstić information content (AvgIpc) is 2.68. The summed E-state index contributed by atoms with van der Waals surface area (Å²) < 4.78 is 6.02. The Kier molecular flexibility index (Phi) is 4.36. The first-order valence-electron chi connectivity index (χ1n) is 9.03. The van der Waals surface area contributed by atoms with Crippen molar-refractivity contribution in [3.05, 3.63) is 95.1 Å². The molecule has 4 rings (SSSR count). The molecule has 0 radical (unpaired) electrons. The molecule has 0 bridgehead atoms. The van der Waals surface area contributed by atoms with Crippen molar-refractivity contribution in [2.45, 2.75) is 19.8 Å². The topological polar surface area (TPSA) is 43.4 Å². The minimum absolute atomic E-state index is 0.142. The second-order valence-electron chi connectivity index (χ2n) is 6.97. The lowest BCUT2D eigenvalue weighted by Gasteiger charge is -2.32. The van der Waals surface area contributed by atoms with Gasteiger partial charge in [-0.3, -0.25) is 9.59 Å². The van der Waals surface area contributed by atoms with Crippen molar-refractivity contribution in [3.63, 3.8) is 0 Å². The fourth-order valence-corrected chi connectivity index (χ4v) is 3.77. The average molecular weight is 356 g/mol. The van der Waals surface area contributed by atoms with Crippen LogP contribution < -0.4 is 4.74 Å². The summed E-state index contributed by atoms with van der Waals surface area (Å²) in [7, 11) is 0. The summed E-state index contributed by atoms with van der Waals surface area (Å²) in [5.41, 5.74) is 3.38. The van der Waals surface area contributed by atoms with Crippen molar-refractivity contribution in [1.82, 2.24) is 0 Å². The number of ether oxygens (including phenoxy) is 1. The fourth-order valence-electron chi connectivity index (χ4n) is 3.77. The zero-order chi connectivity index (χ0) is 19.0. The van der Waals surface area contributed by atoms with Crippen molar-refractivity contribution >= 4 is 11.6 Å². The van der Waals surface area contributed by atoms with Crippen molar-refractivity contribution in [2.75, 3.05) is 0 Å². The molecule has 0 unspecified atom stereocenters. The van der Waals surface area contributed by atoms with Crippen LogP contribution in [-0.4, -0.2) is 11.6 Å². The maximum absolute atomic E-state index is 13.4. The first-order valence-corrected chi connectivity index (χ1v) is 9.03. The number of aryl methyl sites for hydroxylation is 1. The van der Waals surface area contributed by atoms with Gasteiger partial charge in [0.25, 0.3) is 0 Å². The first kappa shape index (κ1) is 17.2. The molecule has 0 aliphatic carbocycles. The van der Waals surface area contributed by atoms with Crippen LogP contribution in [-0.2, 0) is 4.79 Å². The largest absolute Gasteiger partial charge is 0.457 e. The van der Waals surface area contributed by atoms with Gasteiger partial charge in [0.2, 0.25) is 0 Å². The van der Waals surface area contributed by atoms with Gasteiger partial charge in [-0.1, -0.05) is 66.2 Å². The number of hydrogen-bond acceptors (Lipinski definition) is 3. The van der Waals surface area contributed by atoms with E-state index < -0.39 is 5.92 Å². The summed E-state index contributed by atoms with van der Waals surface area (Å²) in [6.45, 7) is 3.47. The number of benzene rings is 3. The van der Waals surface area contributed by atoms with Crippen LogP contribution in [0.2, 0.25) is 0 Å². The molecule has 3 heteroatoms. The van der Waals surface area contributed by atoms with Crippen LogP contribution in [0.25, 0.3) is 0 Å². The normalized spacial score (nSPS) is 13.9. The minimum atomic E-state index is -0.793. The molecule has 3 aromatic carbocycles.